The van der Waals surface area contributed by atoms with Gasteiger partial charge >= 0.3 is 6.18 Å². The van der Waals surface area contributed by atoms with Gasteiger partial charge in [0, 0.05) is 5.25 Å². The largest absolute Gasteiger partial charge is 0.417 e. The van der Waals surface area contributed by atoms with Crippen LogP contribution in [-0.2, 0) is 6.18 Å². The fourth-order valence-corrected chi connectivity index (χ4v) is 3.65. The molecule has 0 aliphatic carbocycles. The summed E-state index contributed by atoms with van der Waals surface area (Å²) in [6.07, 6.45) is -3.64. The van der Waals surface area contributed by atoms with Gasteiger partial charge in [0.25, 0.3) is 5.91 Å². The molecular weight excluding hydrogens is 347 g/mol. The minimum absolute atomic E-state index is 0.179. The maximum Gasteiger partial charge on any atom is 0.417 e. The van der Waals surface area contributed by atoms with Gasteiger partial charge in [0.05, 0.1) is 11.1 Å². The molecule has 0 aliphatic rings. The molecule has 0 saturated carbocycles. The monoisotopic (exact) mass is 361 g/mol. The molecule has 0 bridgehead atoms. The van der Waals surface area contributed by atoms with Crippen LogP contribution < -0.4 is 5.32 Å². The number of hydrogen-bond donors (Lipinski definition) is 1. The number of carbonyl (C=O) groups excluding carboxylic acids is 1. The number of benzene rings is 1. The molecular formula is C14H14F3N3OS2. The number of rotatable bonds is 5. The van der Waals surface area contributed by atoms with E-state index in [2.05, 4.69) is 15.5 Å². The number of alkyl halides is 3. The molecule has 2 aromatic rings. The van der Waals surface area contributed by atoms with Gasteiger partial charge in [-0.15, -0.1) is 10.2 Å². The first-order valence-corrected chi connectivity index (χ1v) is 8.48. The molecule has 1 amide bonds. The Hall–Kier alpha value is -1.61. The van der Waals surface area contributed by atoms with Crippen LogP contribution in [0.4, 0.5) is 18.3 Å². The highest BCUT2D eigenvalue weighted by Gasteiger charge is 2.35. The molecule has 1 unspecified atom stereocenters. The fraction of sp³-hybridized carbons (Fsp3) is 0.357. The second-order valence-electron chi connectivity index (χ2n) is 4.71. The summed E-state index contributed by atoms with van der Waals surface area (Å²) >= 11 is 2.65. The Kier molecular flexibility index (Phi) is 5.64. The Morgan fingerprint density at radius 1 is 1.35 bits per heavy atom. The fourth-order valence-electron chi connectivity index (χ4n) is 1.66. The van der Waals surface area contributed by atoms with Crippen LogP contribution in [0.3, 0.4) is 0 Å². The lowest BCUT2D eigenvalue weighted by Crippen LogP contribution is -2.18. The highest BCUT2D eigenvalue weighted by atomic mass is 32.2. The van der Waals surface area contributed by atoms with Gasteiger partial charge in [-0.3, -0.25) is 10.1 Å². The first-order chi connectivity index (χ1) is 10.8. The lowest BCUT2D eigenvalue weighted by molar-refractivity contribution is -0.137. The minimum atomic E-state index is -4.59. The normalized spacial score (nSPS) is 12.9. The van der Waals surface area contributed by atoms with Crippen molar-refractivity contribution in [2.24, 2.45) is 0 Å². The zero-order valence-corrected chi connectivity index (χ0v) is 14.0. The SMILES string of the molecule is CCC(C)Sc1nnc(NC(=O)c2ccccc2C(F)(F)F)s1. The van der Waals surface area contributed by atoms with Crippen molar-refractivity contribution >= 4 is 34.1 Å². The lowest BCUT2D eigenvalue weighted by Gasteiger charge is -2.11. The van der Waals surface area contributed by atoms with Crippen LogP contribution in [0, 0.1) is 0 Å². The van der Waals surface area contributed by atoms with Crippen molar-refractivity contribution < 1.29 is 18.0 Å². The van der Waals surface area contributed by atoms with Crippen molar-refractivity contribution in [1.82, 2.24) is 10.2 Å². The summed E-state index contributed by atoms with van der Waals surface area (Å²) in [7, 11) is 0. The van der Waals surface area contributed by atoms with Crippen molar-refractivity contribution in [3.63, 3.8) is 0 Å². The molecule has 0 fully saturated rings. The van der Waals surface area contributed by atoms with E-state index in [0.717, 1.165) is 29.9 Å². The number of aromatic nitrogens is 2. The molecule has 0 saturated heterocycles. The molecule has 0 spiro atoms. The number of nitrogens with zero attached hydrogens (tertiary/aromatic N) is 2. The van der Waals surface area contributed by atoms with Gasteiger partial charge in [0.2, 0.25) is 5.13 Å². The number of anilines is 1. The van der Waals surface area contributed by atoms with Crippen LogP contribution in [-0.4, -0.2) is 21.4 Å². The topological polar surface area (TPSA) is 54.9 Å². The molecule has 1 heterocycles. The number of halogens is 3. The van der Waals surface area contributed by atoms with E-state index in [0.29, 0.717) is 9.59 Å². The Morgan fingerprint density at radius 2 is 2.04 bits per heavy atom. The standard InChI is InChI=1S/C14H14F3N3OS2/c1-3-8(2)22-13-20-19-12(23-13)18-11(21)9-6-4-5-7-10(9)14(15,16)17/h4-8H,3H2,1-2H3,(H,18,19,21). The van der Waals surface area contributed by atoms with Crippen LogP contribution in [0.25, 0.3) is 0 Å². The summed E-state index contributed by atoms with van der Waals surface area (Å²) < 4.78 is 39.4. The van der Waals surface area contributed by atoms with Crippen molar-refractivity contribution in [2.75, 3.05) is 5.32 Å². The average molecular weight is 361 g/mol. The van der Waals surface area contributed by atoms with E-state index in [1.54, 1.807) is 0 Å². The number of nitrogens with one attached hydrogen (secondary N) is 1. The molecule has 1 atom stereocenters. The molecule has 1 aromatic heterocycles. The second-order valence-corrected chi connectivity index (χ2v) is 7.37. The smallest absolute Gasteiger partial charge is 0.296 e. The summed E-state index contributed by atoms with van der Waals surface area (Å²) in [5.74, 6) is -0.853. The average Bonchev–Trinajstić information content (AvgIpc) is 2.93. The Bertz CT molecular complexity index is 688. The number of hydrogen-bond acceptors (Lipinski definition) is 5. The Balaban J connectivity index is 2.14. The van der Waals surface area contributed by atoms with E-state index in [1.807, 2.05) is 13.8 Å². The first kappa shape index (κ1) is 17.7. The third-order valence-corrected chi connectivity index (χ3v) is 5.17. The third-order valence-electron chi connectivity index (χ3n) is 2.98. The van der Waals surface area contributed by atoms with Gasteiger partial charge in [-0.05, 0) is 18.6 Å². The summed E-state index contributed by atoms with van der Waals surface area (Å²) in [6.45, 7) is 4.07. The van der Waals surface area contributed by atoms with Gasteiger partial charge < -0.3 is 0 Å². The molecule has 1 N–H and O–H groups in total. The lowest BCUT2D eigenvalue weighted by atomic mass is 10.1. The highest BCUT2D eigenvalue weighted by Crippen LogP contribution is 2.33. The van der Waals surface area contributed by atoms with E-state index in [-0.39, 0.29) is 5.13 Å². The molecule has 1 aromatic carbocycles. The van der Waals surface area contributed by atoms with Crippen LogP contribution >= 0.6 is 23.1 Å². The number of amides is 1. The van der Waals surface area contributed by atoms with Crippen molar-refractivity contribution in [3.05, 3.63) is 35.4 Å². The first-order valence-electron chi connectivity index (χ1n) is 6.79. The quantitative estimate of drug-likeness (QED) is 0.619. The predicted molar refractivity (Wildman–Crippen MR) is 84.9 cm³/mol. The van der Waals surface area contributed by atoms with E-state index >= 15 is 0 Å². The summed E-state index contributed by atoms with van der Waals surface area (Å²) in [5, 5.41) is 10.6. The molecule has 4 nitrogen and oxygen atoms in total. The van der Waals surface area contributed by atoms with E-state index in [1.165, 1.54) is 23.9 Å². The van der Waals surface area contributed by atoms with Gasteiger partial charge in [-0.25, -0.2) is 0 Å². The molecule has 124 valence electrons. The molecule has 23 heavy (non-hydrogen) atoms. The zero-order chi connectivity index (χ0) is 17.0. The summed E-state index contributed by atoms with van der Waals surface area (Å²) in [6, 6.07) is 4.63. The summed E-state index contributed by atoms with van der Waals surface area (Å²) in [4.78, 5) is 12.1. The molecule has 9 heteroatoms. The van der Waals surface area contributed by atoms with Crippen LogP contribution in [0.15, 0.2) is 28.6 Å². The van der Waals surface area contributed by atoms with Gasteiger partial charge in [0.1, 0.15) is 0 Å². The van der Waals surface area contributed by atoms with E-state index in [9.17, 15) is 18.0 Å². The van der Waals surface area contributed by atoms with Crippen LogP contribution in [0.5, 0.6) is 0 Å². The van der Waals surface area contributed by atoms with Crippen LogP contribution in [0.1, 0.15) is 36.2 Å². The van der Waals surface area contributed by atoms with Crippen molar-refractivity contribution in [3.8, 4) is 0 Å². The maximum atomic E-state index is 12.9. The van der Waals surface area contributed by atoms with Gasteiger partial charge in [-0.1, -0.05) is 49.1 Å². The third kappa shape index (κ3) is 4.68. The molecule has 0 aliphatic heterocycles. The summed E-state index contributed by atoms with van der Waals surface area (Å²) in [5.41, 5.74) is -1.41. The second kappa shape index (κ2) is 7.31. The Morgan fingerprint density at radius 3 is 2.70 bits per heavy atom. The van der Waals surface area contributed by atoms with Gasteiger partial charge in [0.15, 0.2) is 4.34 Å². The van der Waals surface area contributed by atoms with E-state index in [4.69, 9.17) is 0 Å². The predicted octanol–water partition coefficient (Wildman–Crippen LogP) is 4.70. The molecule has 0 radical (unpaired) electrons. The van der Waals surface area contributed by atoms with Crippen molar-refractivity contribution in [1.29, 1.82) is 0 Å². The van der Waals surface area contributed by atoms with Crippen LogP contribution in [0.2, 0.25) is 0 Å². The Labute approximate surface area is 139 Å². The number of thioether (sulfide) groups is 1. The molecule has 2 rings (SSSR count). The van der Waals surface area contributed by atoms with Gasteiger partial charge in [-0.2, -0.15) is 13.2 Å². The zero-order valence-electron chi connectivity index (χ0n) is 12.3. The van der Waals surface area contributed by atoms with E-state index < -0.39 is 23.2 Å². The highest BCUT2D eigenvalue weighted by molar-refractivity contribution is 8.01. The minimum Gasteiger partial charge on any atom is -0.296 e. The van der Waals surface area contributed by atoms with Crippen molar-refractivity contribution in [2.45, 2.75) is 36.0 Å². The number of carbonyl (C=O) groups is 1. The maximum absolute atomic E-state index is 12.9.